The Morgan fingerprint density at radius 1 is 1.15 bits per heavy atom. The molecule has 7 nitrogen and oxygen atoms in total. The summed E-state index contributed by atoms with van der Waals surface area (Å²) in [7, 11) is 1.43. The molecule has 2 aromatic carbocycles. The fourth-order valence-corrected chi connectivity index (χ4v) is 4.01. The molecule has 4 rings (SSSR count). The van der Waals surface area contributed by atoms with Gasteiger partial charge >= 0.3 is 5.97 Å². The van der Waals surface area contributed by atoms with Crippen LogP contribution in [-0.4, -0.2) is 35.6 Å². The highest BCUT2D eigenvalue weighted by Gasteiger charge is 2.43. The number of fused-ring (bicyclic) bond motifs is 1. The van der Waals surface area contributed by atoms with Crippen molar-refractivity contribution in [3.05, 3.63) is 88.2 Å². The smallest absolute Gasteiger partial charge is 0.340 e. The van der Waals surface area contributed by atoms with E-state index >= 15 is 0 Å². The number of aromatic nitrogens is 1. The van der Waals surface area contributed by atoms with Crippen molar-refractivity contribution in [2.75, 3.05) is 19.0 Å². The van der Waals surface area contributed by atoms with Crippen LogP contribution in [0.25, 0.3) is 0 Å². The molecule has 0 saturated heterocycles. The van der Waals surface area contributed by atoms with Gasteiger partial charge in [-0.25, -0.2) is 13.6 Å². The highest BCUT2D eigenvalue weighted by atomic mass is 19.1. The molecule has 0 aliphatic carbocycles. The van der Waals surface area contributed by atoms with Crippen molar-refractivity contribution in [1.82, 2.24) is 10.3 Å². The molecule has 1 atom stereocenters. The monoisotopic (exact) mass is 453 g/mol. The van der Waals surface area contributed by atoms with Crippen LogP contribution in [-0.2, 0) is 5.54 Å². The first-order valence-corrected chi connectivity index (χ1v) is 10.2. The summed E-state index contributed by atoms with van der Waals surface area (Å²) in [6.07, 6.45) is 1.79. The molecule has 3 N–H and O–H groups in total. The first-order chi connectivity index (χ1) is 15.8. The summed E-state index contributed by atoms with van der Waals surface area (Å²) in [6, 6.07) is 10.2. The maximum Gasteiger partial charge on any atom is 0.340 e. The Morgan fingerprint density at radius 2 is 1.94 bits per heavy atom. The summed E-state index contributed by atoms with van der Waals surface area (Å²) in [5.41, 5.74) is -0.669. The number of pyridine rings is 1. The zero-order chi connectivity index (χ0) is 23.8. The Kier molecular flexibility index (Phi) is 5.71. The van der Waals surface area contributed by atoms with Gasteiger partial charge in [-0.3, -0.25) is 9.78 Å². The quantitative estimate of drug-likeness (QED) is 0.542. The number of carbonyl (C=O) groups is 2. The molecule has 0 saturated carbocycles. The Labute approximate surface area is 188 Å². The van der Waals surface area contributed by atoms with Gasteiger partial charge in [0.05, 0.1) is 12.3 Å². The van der Waals surface area contributed by atoms with Gasteiger partial charge in [0.25, 0.3) is 5.91 Å². The molecule has 9 heteroatoms. The van der Waals surface area contributed by atoms with Crippen LogP contribution in [0.15, 0.2) is 48.7 Å². The highest BCUT2D eigenvalue weighted by Crippen LogP contribution is 2.41. The predicted molar refractivity (Wildman–Crippen MR) is 117 cm³/mol. The van der Waals surface area contributed by atoms with Crippen molar-refractivity contribution < 1.29 is 28.2 Å². The Bertz CT molecular complexity index is 1260. The van der Waals surface area contributed by atoms with Crippen molar-refractivity contribution in [3.8, 4) is 5.75 Å². The Hall–Kier alpha value is -4.01. The van der Waals surface area contributed by atoms with Gasteiger partial charge in [0.2, 0.25) is 0 Å². The fourth-order valence-electron chi connectivity index (χ4n) is 4.01. The molecular formula is C24H21F2N3O4. The zero-order valence-electron chi connectivity index (χ0n) is 17.9. The van der Waals surface area contributed by atoms with Crippen LogP contribution in [0.2, 0.25) is 0 Å². The largest absolute Gasteiger partial charge is 0.491 e. The van der Waals surface area contributed by atoms with Crippen molar-refractivity contribution in [3.63, 3.8) is 0 Å². The van der Waals surface area contributed by atoms with Crippen LogP contribution < -0.4 is 15.4 Å². The van der Waals surface area contributed by atoms with E-state index in [-0.39, 0.29) is 24.3 Å². The number of carbonyl (C=O) groups excluding carboxylic acids is 1. The molecule has 1 aromatic heterocycles. The molecule has 0 radical (unpaired) electrons. The lowest BCUT2D eigenvalue weighted by atomic mass is 9.80. The third-order valence-electron chi connectivity index (χ3n) is 5.74. The maximum atomic E-state index is 14.6. The van der Waals surface area contributed by atoms with E-state index in [2.05, 4.69) is 15.6 Å². The van der Waals surface area contributed by atoms with Gasteiger partial charge in [0.1, 0.15) is 34.2 Å². The normalized spacial score (nSPS) is 17.0. The Morgan fingerprint density at radius 3 is 2.64 bits per heavy atom. The number of benzene rings is 2. The van der Waals surface area contributed by atoms with Gasteiger partial charge in [-0.2, -0.15) is 0 Å². The number of hydrogen-bond donors (Lipinski definition) is 3. The van der Waals surface area contributed by atoms with Gasteiger partial charge < -0.3 is 20.5 Å². The summed E-state index contributed by atoms with van der Waals surface area (Å²) in [5, 5.41) is 14.8. The van der Waals surface area contributed by atoms with E-state index in [1.807, 2.05) is 0 Å². The maximum absolute atomic E-state index is 14.6. The SMILES string of the molecule is CNc1cc(C(=O)N[C@]2(c3ccc(C)c(F)c3)CCOc3cccnc32)cc(F)c1C(=O)O. The van der Waals surface area contributed by atoms with E-state index in [0.29, 0.717) is 22.6 Å². The number of ether oxygens (including phenoxy) is 1. The van der Waals surface area contributed by atoms with Crippen LogP contribution in [0.4, 0.5) is 14.5 Å². The molecule has 1 aliphatic rings. The van der Waals surface area contributed by atoms with Gasteiger partial charge in [-0.1, -0.05) is 12.1 Å². The number of amides is 1. The zero-order valence-corrected chi connectivity index (χ0v) is 17.9. The topological polar surface area (TPSA) is 101 Å². The average Bonchev–Trinajstić information content (AvgIpc) is 2.80. The van der Waals surface area contributed by atoms with Crippen LogP contribution in [0.1, 0.15) is 44.0 Å². The molecule has 33 heavy (non-hydrogen) atoms. The van der Waals surface area contributed by atoms with E-state index in [1.165, 1.54) is 19.2 Å². The minimum Gasteiger partial charge on any atom is -0.491 e. The molecule has 0 spiro atoms. The number of carboxylic acid groups (broad SMARTS) is 1. The Balaban J connectivity index is 1.84. The molecule has 2 heterocycles. The second kappa shape index (κ2) is 8.50. The number of aryl methyl sites for hydroxylation is 1. The van der Waals surface area contributed by atoms with E-state index in [1.54, 1.807) is 37.4 Å². The number of anilines is 1. The van der Waals surface area contributed by atoms with Crippen molar-refractivity contribution in [2.24, 2.45) is 0 Å². The van der Waals surface area contributed by atoms with Gasteiger partial charge in [-0.15, -0.1) is 0 Å². The number of aromatic carboxylic acids is 1. The van der Waals surface area contributed by atoms with E-state index in [4.69, 9.17) is 4.74 Å². The summed E-state index contributed by atoms with van der Waals surface area (Å²) in [5.74, 6) is -3.20. The van der Waals surface area contributed by atoms with Gasteiger partial charge in [-0.05, 0) is 48.4 Å². The van der Waals surface area contributed by atoms with Crippen LogP contribution in [0, 0.1) is 18.6 Å². The van der Waals surface area contributed by atoms with E-state index in [0.717, 1.165) is 6.07 Å². The molecule has 0 fully saturated rings. The lowest BCUT2D eigenvalue weighted by molar-refractivity contribution is 0.0692. The fraction of sp³-hybridized carbons (Fsp3) is 0.208. The first-order valence-electron chi connectivity index (χ1n) is 10.2. The summed E-state index contributed by atoms with van der Waals surface area (Å²) >= 11 is 0. The third-order valence-corrected chi connectivity index (χ3v) is 5.74. The predicted octanol–water partition coefficient (Wildman–Crippen LogP) is 3.86. The number of hydrogen-bond acceptors (Lipinski definition) is 5. The second-order valence-corrected chi connectivity index (χ2v) is 7.71. The second-order valence-electron chi connectivity index (χ2n) is 7.71. The van der Waals surface area contributed by atoms with Crippen molar-refractivity contribution in [1.29, 1.82) is 0 Å². The van der Waals surface area contributed by atoms with Crippen LogP contribution in [0.3, 0.4) is 0 Å². The standard InChI is InChI=1S/C24H21F2N3O4/c1-13-5-6-15(12-16(13)25)24(7-9-33-19-4-3-8-28-21(19)24)29-22(30)14-10-17(26)20(23(31)32)18(11-14)27-2/h3-6,8,10-12,27H,7,9H2,1-2H3,(H,29,30)(H,31,32)/t24-/m0/s1. The molecule has 1 amide bonds. The minimum absolute atomic E-state index is 0.0476. The summed E-state index contributed by atoms with van der Waals surface area (Å²) in [6.45, 7) is 1.86. The molecule has 1 aliphatic heterocycles. The number of rotatable bonds is 5. The lowest BCUT2D eigenvalue weighted by Crippen LogP contribution is -2.50. The highest BCUT2D eigenvalue weighted by molar-refractivity contribution is 6.00. The van der Waals surface area contributed by atoms with E-state index < -0.39 is 34.6 Å². The number of carboxylic acids is 1. The third kappa shape index (κ3) is 3.86. The summed E-state index contributed by atoms with van der Waals surface area (Å²) < 4.78 is 34.8. The van der Waals surface area contributed by atoms with Crippen LogP contribution >= 0.6 is 0 Å². The van der Waals surface area contributed by atoms with Crippen molar-refractivity contribution >= 4 is 17.6 Å². The summed E-state index contributed by atoms with van der Waals surface area (Å²) in [4.78, 5) is 29.1. The average molecular weight is 453 g/mol. The minimum atomic E-state index is -1.46. The molecule has 0 bridgehead atoms. The number of nitrogens with zero attached hydrogens (tertiary/aromatic N) is 1. The molecular weight excluding hydrogens is 432 g/mol. The lowest BCUT2D eigenvalue weighted by Gasteiger charge is -2.39. The molecule has 0 unspecified atom stereocenters. The number of nitrogens with one attached hydrogen (secondary N) is 2. The molecule has 170 valence electrons. The van der Waals surface area contributed by atoms with Gasteiger partial charge in [0, 0.05) is 25.2 Å². The first kappa shape index (κ1) is 22.2. The van der Waals surface area contributed by atoms with Crippen LogP contribution in [0.5, 0.6) is 5.75 Å². The molecule has 3 aromatic rings. The van der Waals surface area contributed by atoms with Crippen molar-refractivity contribution in [2.45, 2.75) is 18.9 Å². The van der Waals surface area contributed by atoms with Gasteiger partial charge in [0.15, 0.2) is 0 Å². The number of halogens is 2. The van der Waals surface area contributed by atoms with E-state index in [9.17, 15) is 23.5 Å².